The molecule has 2 amide bonds. The molecule has 0 heterocycles. The average molecular weight is 335 g/mol. The molecule has 0 aliphatic carbocycles. The van der Waals surface area contributed by atoms with E-state index in [0.29, 0.717) is 23.7 Å². The molecule has 0 fully saturated rings. The van der Waals surface area contributed by atoms with Gasteiger partial charge in [-0.25, -0.2) is 4.39 Å². The Morgan fingerprint density at radius 2 is 1.78 bits per heavy atom. The minimum absolute atomic E-state index is 0.285. The van der Waals surface area contributed by atoms with Crippen LogP contribution in [-0.4, -0.2) is 18.4 Å². The maximum absolute atomic E-state index is 12.8. The zero-order valence-electron chi connectivity index (χ0n) is 12.3. The van der Waals surface area contributed by atoms with E-state index >= 15 is 0 Å². The fourth-order valence-corrected chi connectivity index (χ4v) is 2.20. The minimum Gasteiger partial charge on any atom is -0.355 e. The summed E-state index contributed by atoms with van der Waals surface area (Å²) in [6.07, 6.45) is 0.346. The molecule has 23 heavy (non-hydrogen) atoms. The number of hydrogen-bond acceptors (Lipinski definition) is 2. The molecule has 120 valence electrons. The van der Waals surface area contributed by atoms with Crippen LogP contribution < -0.4 is 10.6 Å². The summed E-state index contributed by atoms with van der Waals surface area (Å²) < 4.78 is 12.8. The van der Waals surface area contributed by atoms with Gasteiger partial charge in [-0.05, 0) is 48.4 Å². The van der Waals surface area contributed by atoms with Gasteiger partial charge >= 0.3 is 0 Å². The fraction of sp³-hybridized carbons (Fsp3) is 0.176. The van der Waals surface area contributed by atoms with Gasteiger partial charge in [-0.1, -0.05) is 23.7 Å². The SMILES string of the molecule is O=C(CC(=O)Nc1ccc(F)cc1)NCCc1cccc(Cl)c1. The van der Waals surface area contributed by atoms with Gasteiger partial charge in [0.15, 0.2) is 0 Å². The Labute approximate surface area is 138 Å². The molecule has 4 nitrogen and oxygen atoms in total. The van der Waals surface area contributed by atoms with E-state index in [1.165, 1.54) is 24.3 Å². The molecule has 2 aromatic rings. The number of hydrogen-bond donors (Lipinski definition) is 2. The van der Waals surface area contributed by atoms with Gasteiger partial charge in [0.2, 0.25) is 11.8 Å². The normalized spacial score (nSPS) is 10.2. The van der Waals surface area contributed by atoms with Gasteiger partial charge in [-0.15, -0.1) is 0 Å². The van der Waals surface area contributed by atoms with Crippen LogP contribution in [-0.2, 0) is 16.0 Å². The van der Waals surface area contributed by atoms with Crippen molar-refractivity contribution in [3.63, 3.8) is 0 Å². The number of amides is 2. The lowest BCUT2D eigenvalue weighted by Crippen LogP contribution is -2.29. The number of benzene rings is 2. The van der Waals surface area contributed by atoms with Crippen molar-refractivity contribution in [1.82, 2.24) is 5.32 Å². The number of carbonyl (C=O) groups is 2. The van der Waals surface area contributed by atoms with Gasteiger partial charge in [0.1, 0.15) is 12.2 Å². The maximum Gasteiger partial charge on any atom is 0.233 e. The molecule has 0 saturated carbocycles. The van der Waals surface area contributed by atoms with Gasteiger partial charge in [-0.2, -0.15) is 0 Å². The first kappa shape index (κ1) is 17.0. The Hall–Kier alpha value is -2.40. The van der Waals surface area contributed by atoms with Crippen molar-refractivity contribution in [3.8, 4) is 0 Å². The largest absolute Gasteiger partial charge is 0.355 e. The molecule has 0 aliphatic rings. The van der Waals surface area contributed by atoms with Crippen LogP contribution in [0.2, 0.25) is 5.02 Å². The van der Waals surface area contributed by atoms with Crippen molar-refractivity contribution in [1.29, 1.82) is 0 Å². The molecule has 0 bridgehead atoms. The summed E-state index contributed by atoms with van der Waals surface area (Å²) in [5.74, 6) is -1.20. The van der Waals surface area contributed by atoms with E-state index < -0.39 is 5.91 Å². The maximum atomic E-state index is 12.8. The number of anilines is 1. The van der Waals surface area contributed by atoms with Crippen LogP contribution >= 0.6 is 11.6 Å². The van der Waals surface area contributed by atoms with Gasteiger partial charge in [-0.3, -0.25) is 9.59 Å². The number of rotatable bonds is 6. The zero-order valence-corrected chi connectivity index (χ0v) is 13.1. The Balaban J connectivity index is 1.71. The molecule has 2 aromatic carbocycles. The van der Waals surface area contributed by atoms with Crippen molar-refractivity contribution in [2.75, 3.05) is 11.9 Å². The number of halogens is 2. The van der Waals surface area contributed by atoms with Crippen LogP contribution in [0.15, 0.2) is 48.5 Å². The highest BCUT2D eigenvalue weighted by Gasteiger charge is 2.09. The minimum atomic E-state index is -0.447. The summed E-state index contributed by atoms with van der Waals surface area (Å²) in [6.45, 7) is 0.420. The molecule has 0 aromatic heterocycles. The third-order valence-corrected chi connectivity index (χ3v) is 3.31. The molecule has 0 saturated heterocycles. The van der Waals surface area contributed by atoms with E-state index in [9.17, 15) is 14.0 Å². The van der Waals surface area contributed by atoms with Crippen molar-refractivity contribution < 1.29 is 14.0 Å². The molecule has 0 spiro atoms. The second-order valence-corrected chi connectivity index (χ2v) is 5.40. The van der Waals surface area contributed by atoms with E-state index in [2.05, 4.69) is 10.6 Å². The molecule has 0 atom stereocenters. The Morgan fingerprint density at radius 3 is 2.48 bits per heavy atom. The molecule has 0 aliphatic heterocycles. The number of nitrogens with one attached hydrogen (secondary N) is 2. The molecule has 0 radical (unpaired) electrons. The van der Waals surface area contributed by atoms with Gasteiger partial charge in [0.05, 0.1) is 0 Å². The van der Waals surface area contributed by atoms with Crippen LogP contribution in [0.4, 0.5) is 10.1 Å². The smallest absolute Gasteiger partial charge is 0.233 e. The lowest BCUT2D eigenvalue weighted by atomic mass is 10.1. The lowest BCUT2D eigenvalue weighted by molar-refractivity contribution is -0.126. The first-order valence-electron chi connectivity index (χ1n) is 7.09. The molecular formula is C17H16ClFN2O2. The summed E-state index contributed by atoms with van der Waals surface area (Å²) in [6, 6.07) is 12.7. The first-order valence-corrected chi connectivity index (χ1v) is 7.47. The monoisotopic (exact) mass is 334 g/mol. The summed E-state index contributed by atoms with van der Waals surface area (Å²) >= 11 is 5.88. The van der Waals surface area contributed by atoms with E-state index in [0.717, 1.165) is 5.56 Å². The third kappa shape index (κ3) is 6.08. The van der Waals surface area contributed by atoms with Crippen LogP contribution in [0.1, 0.15) is 12.0 Å². The van der Waals surface area contributed by atoms with Crippen LogP contribution in [0, 0.1) is 5.82 Å². The Morgan fingerprint density at radius 1 is 1.04 bits per heavy atom. The second-order valence-electron chi connectivity index (χ2n) is 4.96. The fourth-order valence-electron chi connectivity index (χ4n) is 1.99. The van der Waals surface area contributed by atoms with E-state index in [1.807, 2.05) is 18.2 Å². The second kappa shape index (κ2) is 8.29. The van der Waals surface area contributed by atoms with E-state index in [4.69, 9.17) is 11.6 Å². The Bertz CT molecular complexity index is 689. The number of carbonyl (C=O) groups excluding carboxylic acids is 2. The van der Waals surface area contributed by atoms with Gasteiger partial charge in [0.25, 0.3) is 0 Å². The highest BCUT2D eigenvalue weighted by molar-refractivity contribution is 6.30. The molecule has 0 unspecified atom stereocenters. The van der Waals surface area contributed by atoms with Crippen LogP contribution in [0.25, 0.3) is 0 Å². The highest BCUT2D eigenvalue weighted by atomic mass is 35.5. The highest BCUT2D eigenvalue weighted by Crippen LogP contribution is 2.11. The van der Waals surface area contributed by atoms with Crippen LogP contribution in [0.5, 0.6) is 0 Å². The van der Waals surface area contributed by atoms with Gasteiger partial charge in [0, 0.05) is 17.3 Å². The third-order valence-electron chi connectivity index (χ3n) is 3.07. The molecular weight excluding hydrogens is 319 g/mol. The average Bonchev–Trinajstić information content (AvgIpc) is 2.49. The molecule has 2 rings (SSSR count). The topological polar surface area (TPSA) is 58.2 Å². The summed E-state index contributed by atoms with van der Waals surface area (Å²) in [5, 5.41) is 5.85. The summed E-state index contributed by atoms with van der Waals surface area (Å²) in [4.78, 5) is 23.4. The Kier molecular flexibility index (Phi) is 6.11. The van der Waals surface area contributed by atoms with E-state index in [-0.39, 0.29) is 18.1 Å². The standard InChI is InChI=1S/C17H16ClFN2O2/c18-13-3-1-2-12(10-13)8-9-20-16(22)11-17(23)21-15-6-4-14(19)5-7-15/h1-7,10H,8-9,11H2,(H,20,22)(H,21,23). The zero-order chi connectivity index (χ0) is 16.7. The van der Waals surface area contributed by atoms with Crippen molar-refractivity contribution in [3.05, 3.63) is 64.9 Å². The molecule has 6 heteroatoms. The summed E-state index contributed by atoms with van der Waals surface area (Å²) in [7, 11) is 0. The molecule has 2 N–H and O–H groups in total. The van der Waals surface area contributed by atoms with Crippen molar-refractivity contribution in [2.45, 2.75) is 12.8 Å². The summed E-state index contributed by atoms with van der Waals surface area (Å²) in [5.41, 5.74) is 1.46. The first-order chi connectivity index (χ1) is 11.0. The van der Waals surface area contributed by atoms with Crippen molar-refractivity contribution in [2.24, 2.45) is 0 Å². The van der Waals surface area contributed by atoms with Crippen molar-refractivity contribution >= 4 is 29.1 Å². The van der Waals surface area contributed by atoms with E-state index in [1.54, 1.807) is 6.07 Å². The lowest BCUT2D eigenvalue weighted by Gasteiger charge is -2.07. The van der Waals surface area contributed by atoms with Gasteiger partial charge < -0.3 is 10.6 Å². The van der Waals surface area contributed by atoms with Crippen LogP contribution in [0.3, 0.4) is 0 Å². The predicted molar refractivity (Wildman–Crippen MR) is 87.8 cm³/mol. The quantitative estimate of drug-likeness (QED) is 0.797. The predicted octanol–water partition coefficient (Wildman–Crippen LogP) is 3.17.